The van der Waals surface area contributed by atoms with Gasteiger partial charge in [-0.15, -0.1) is 11.6 Å². The minimum absolute atomic E-state index is 0.148. The van der Waals surface area contributed by atoms with Gasteiger partial charge >= 0.3 is 0 Å². The molecule has 5 heteroatoms. The van der Waals surface area contributed by atoms with E-state index in [1.54, 1.807) is 0 Å². The number of aromatic nitrogens is 2. The van der Waals surface area contributed by atoms with Gasteiger partial charge in [-0.1, -0.05) is 12.8 Å². The Balaban J connectivity index is 2.20. The van der Waals surface area contributed by atoms with Crippen molar-refractivity contribution in [2.24, 2.45) is 5.92 Å². The number of hydrogen-bond acceptors (Lipinski definition) is 1. The van der Waals surface area contributed by atoms with Crippen LogP contribution in [-0.2, 0) is 0 Å². The SMILES string of the molecule is CC(Cl)c1nc2c(F)cc(F)cc2n1C(C)C1CCCC1. The van der Waals surface area contributed by atoms with E-state index in [1.807, 2.05) is 11.5 Å². The lowest BCUT2D eigenvalue weighted by molar-refractivity contribution is 0.359. The monoisotopic (exact) mass is 312 g/mol. The van der Waals surface area contributed by atoms with Crippen LogP contribution in [0.4, 0.5) is 8.78 Å². The van der Waals surface area contributed by atoms with Crippen molar-refractivity contribution in [1.82, 2.24) is 9.55 Å². The summed E-state index contributed by atoms with van der Waals surface area (Å²) >= 11 is 6.22. The number of halogens is 3. The average Bonchev–Trinajstić information content (AvgIpc) is 3.04. The summed E-state index contributed by atoms with van der Waals surface area (Å²) in [5.74, 6) is -0.0621. The van der Waals surface area contributed by atoms with Crippen LogP contribution in [0.3, 0.4) is 0 Å². The van der Waals surface area contributed by atoms with Gasteiger partial charge < -0.3 is 4.57 Å². The Kier molecular flexibility index (Phi) is 3.91. The third kappa shape index (κ3) is 2.54. The molecule has 2 unspecified atom stereocenters. The molecule has 21 heavy (non-hydrogen) atoms. The van der Waals surface area contributed by atoms with Crippen molar-refractivity contribution in [3.8, 4) is 0 Å². The molecular weight excluding hydrogens is 294 g/mol. The van der Waals surface area contributed by atoms with Crippen molar-refractivity contribution in [1.29, 1.82) is 0 Å². The summed E-state index contributed by atoms with van der Waals surface area (Å²) in [5.41, 5.74) is 0.721. The van der Waals surface area contributed by atoms with Gasteiger partial charge in [0.05, 0.1) is 10.9 Å². The summed E-state index contributed by atoms with van der Waals surface area (Å²) in [6, 6.07) is 2.39. The number of fused-ring (bicyclic) bond motifs is 1. The van der Waals surface area contributed by atoms with Gasteiger partial charge in [0, 0.05) is 12.1 Å². The van der Waals surface area contributed by atoms with Crippen LogP contribution in [0.1, 0.15) is 56.8 Å². The molecule has 114 valence electrons. The van der Waals surface area contributed by atoms with Crippen LogP contribution in [0.15, 0.2) is 12.1 Å². The van der Waals surface area contributed by atoms with E-state index in [4.69, 9.17) is 11.6 Å². The van der Waals surface area contributed by atoms with Gasteiger partial charge in [0.1, 0.15) is 17.2 Å². The van der Waals surface area contributed by atoms with Crippen LogP contribution in [0.5, 0.6) is 0 Å². The molecule has 1 saturated carbocycles. The molecule has 0 saturated heterocycles. The van der Waals surface area contributed by atoms with E-state index in [2.05, 4.69) is 11.9 Å². The van der Waals surface area contributed by atoms with Crippen LogP contribution >= 0.6 is 11.6 Å². The average molecular weight is 313 g/mol. The fourth-order valence-electron chi connectivity index (χ4n) is 3.50. The summed E-state index contributed by atoms with van der Waals surface area (Å²) < 4.78 is 29.5. The minimum atomic E-state index is -0.624. The Hall–Kier alpha value is -1.16. The van der Waals surface area contributed by atoms with Gasteiger partial charge in [0.2, 0.25) is 0 Å². The van der Waals surface area contributed by atoms with Crippen molar-refractivity contribution in [3.63, 3.8) is 0 Å². The maximum atomic E-state index is 14.0. The van der Waals surface area contributed by atoms with Crippen molar-refractivity contribution < 1.29 is 8.78 Å². The zero-order valence-electron chi connectivity index (χ0n) is 12.2. The normalized spacial score (nSPS) is 19.3. The van der Waals surface area contributed by atoms with Gasteiger partial charge in [0.15, 0.2) is 5.82 Å². The molecule has 3 rings (SSSR count). The first-order chi connectivity index (χ1) is 9.99. The van der Waals surface area contributed by atoms with Crippen molar-refractivity contribution in [2.75, 3.05) is 0 Å². The van der Waals surface area contributed by atoms with Crippen molar-refractivity contribution >= 4 is 22.6 Å². The fraction of sp³-hybridized carbons (Fsp3) is 0.562. The number of nitrogens with zero attached hydrogens (tertiary/aromatic N) is 2. The summed E-state index contributed by atoms with van der Waals surface area (Å²) in [6.07, 6.45) is 4.73. The summed E-state index contributed by atoms with van der Waals surface area (Å²) in [6.45, 7) is 3.91. The van der Waals surface area contributed by atoms with Gasteiger partial charge in [-0.2, -0.15) is 0 Å². The Bertz CT molecular complexity index is 660. The summed E-state index contributed by atoms with van der Waals surface area (Å²) in [7, 11) is 0. The Morgan fingerprint density at radius 3 is 2.52 bits per heavy atom. The zero-order chi connectivity index (χ0) is 15.1. The van der Waals surface area contributed by atoms with E-state index in [1.165, 1.54) is 18.9 Å². The van der Waals surface area contributed by atoms with Gasteiger partial charge in [-0.3, -0.25) is 0 Å². The second-order valence-corrected chi connectivity index (χ2v) is 6.65. The predicted molar refractivity (Wildman–Crippen MR) is 80.6 cm³/mol. The molecule has 0 radical (unpaired) electrons. The third-order valence-corrected chi connectivity index (χ3v) is 4.78. The first kappa shape index (κ1) is 14.8. The second-order valence-electron chi connectivity index (χ2n) is 6.00. The molecule has 0 bridgehead atoms. The molecule has 1 aromatic heterocycles. The topological polar surface area (TPSA) is 17.8 Å². The minimum Gasteiger partial charge on any atom is -0.323 e. The molecule has 1 fully saturated rings. The molecule has 0 N–H and O–H groups in total. The van der Waals surface area contributed by atoms with Gasteiger partial charge in [0.25, 0.3) is 0 Å². The maximum absolute atomic E-state index is 14.0. The Morgan fingerprint density at radius 1 is 1.24 bits per heavy atom. The molecule has 0 spiro atoms. The molecule has 1 aliphatic rings. The molecule has 0 aliphatic heterocycles. The van der Waals surface area contributed by atoms with Crippen LogP contribution in [0, 0.1) is 17.6 Å². The van der Waals surface area contributed by atoms with E-state index in [9.17, 15) is 8.78 Å². The number of rotatable bonds is 3. The molecule has 1 heterocycles. The number of hydrogen-bond donors (Lipinski definition) is 0. The standard InChI is InChI=1S/C16H19ClF2N2/c1-9(17)16-20-15-13(19)7-12(18)8-14(15)21(16)10(2)11-5-3-4-6-11/h7-11H,3-6H2,1-2H3. The first-order valence-electron chi connectivity index (χ1n) is 7.50. The second kappa shape index (κ2) is 5.56. The Morgan fingerprint density at radius 2 is 1.90 bits per heavy atom. The van der Waals surface area contributed by atoms with Crippen LogP contribution < -0.4 is 0 Å². The summed E-state index contributed by atoms with van der Waals surface area (Å²) in [5, 5.41) is -0.344. The van der Waals surface area contributed by atoms with E-state index >= 15 is 0 Å². The molecule has 0 amide bonds. The molecule has 1 aliphatic carbocycles. The van der Waals surface area contributed by atoms with Gasteiger partial charge in [-0.25, -0.2) is 13.8 Å². The molecule has 1 aromatic carbocycles. The molecule has 2 atom stereocenters. The van der Waals surface area contributed by atoms with Crippen LogP contribution in [0.25, 0.3) is 11.0 Å². The van der Waals surface area contributed by atoms with Crippen molar-refractivity contribution in [3.05, 3.63) is 29.6 Å². The largest absolute Gasteiger partial charge is 0.323 e. The lowest BCUT2D eigenvalue weighted by Crippen LogP contribution is -2.17. The molecular formula is C16H19ClF2N2. The van der Waals surface area contributed by atoms with Crippen molar-refractivity contribution in [2.45, 2.75) is 50.9 Å². The highest BCUT2D eigenvalue weighted by Gasteiger charge is 2.28. The fourth-order valence-corrected chi connectivity index (χ4v) is 3.65. The number of benzene rings is 1. The van der Waals surface area contributed by atoms with E-state index in [-0.39, 0.29) is 16.9 Å². The third-order valence-electron chi connectivity index (χ3n) is 4.59. The van der Waals surface area contributed by atoms with Crippen LogP contribution in [-0.4, -0.2) is 9.55 Å². The van der Waals surface area contributed by atoms with Crippen LogP contribution in [0.2, 0.25) is 0 Å². The lowest BCUT2D eigenvalue weighted by Gasteiger charge is -2.24. The van der Waals surface area contributed by atoms with Gasteiger partial charge in [-0.05, 0) is 38.7 Å². The highest BCUT2D eigenvalue weighted by Crippen LogP contribution is 2.38. The maximum Gasteiger partial charge on any atom is 0.153 e. The number of imidazole rings is 1. The number of alkyl halides is 1. The van der Waals surface area contributed by atoms with E-state index in [0.717, 1.165) is 18.9 Å². The first-order valence-corrected chi connectivity index (χ1v) is 7.93. The zero-order valence-corrected chi connectivity index (χ0v) is 13.0. The van der Waals surface area contributed by atoms with E-state index in [0.29, 0.717) is 17.3 Å². The molecule has 2 aromatic rings. The predicted octanol–water partition coefficient (Wildman–Crippen LogP) is 5.37. The quantitative estimate of drug-likeness (QED) is 0.697. The molecule has 2 nitrogen and oxygen atoms in total. The van der Waals surface area contributed by atoms with E-state index < -0.39 is 11.6 Å². The lowest BCUT2D eigenvalue weighted by atomic mass is 9.99. The highest BCUT2D eigenvalue weighted by atomic mass is 35.5. The smallest absolute Gasteiger partial charge is 0.153 e. The Labute approximate surface area is 128 Å². The summed E-state index contributed by atoms with van der Waals surface area (Å²) in [4.78, 5) is 4.33. The highest BCUT2D eigenvalue weighted by molar-refractivity contribution is 6.20.